The molecule has 16 heavy (non-hydrogen) atoms. The number of H-pyrrole nitrogens is 1. The molecule has 0 amide bonds. The molecule has 0 saturated heterocycles. The average molecular weight is 238 g/mol. The third-order valence-corrected chi connectivity index (χ3v) is 2.17. The lowest BCUT2D eigenvalue weighted by Crippen LogP contribution is -2.01. The van der Waals surface area contributed by atoms with Gasteiger partial charge in [-0.05, 0) is 12.1 Å². The van der Waals surface area contributed by atoms with Gasteiger partial charge in [0, 0.05) is 10.6 Å². The Hall–Kier alpha value is -1.88. The molecule has 0 unspecified atom stereocenters. The Balaban J connectivity index is 2.28. The van der Waals surface area contributed by atoms with E-state index in [-0.39, 0.29) is 6.42 Å². The van der Waals surface area contributed by atoms with Crippen LogP contribution < -0.4 is 0 Å². The summed E-state index contributed by atoms with van der Waals surface area (Å²) < 4.78 is 0. The lowest BCUT2D eigenvalue weighted by Gasteiger charge is -1.94. The normalized spacial score (nSPS) is 10.3. The fourth-order valence-corrected chi connectivity index (χ4v) is 1.46. The first-order valence-corrected chi connectivity index (χ1v) is 4.92. The van der Waals surface area contributed by atoms with Gasteiger partial charge in [-0.25, -0.2) is 4.98 Å². The zero-order chi connectivity index (χ0) is 11.5. The first-order valence-electron chi connectivity index (χ1n) is 4.54. The van der Waals surface area contributed by atoms with Gasteiger partial charge in [0.1, 0.15) is 12.2 Å². The van der Waals surface area contributed by atoms with Crippen LogP contribution in [0.4, 0.5) is 0 Å². The third-order valence-electron chi connectivity index (χ3n) is 1.93. The highest BCUT2D eigenvalue weighted by Crippen LogP contribution is 2.19. The lowest BCUT2D eigenvalue weighted by atomic mass is 10.2. The third kappa shape index (κ3) is 2.38. The van der Waals surface area contributed by atoms with Crippen LogP contribution in [0.3, 0.4) is 0 Å². The molecule has 82 valence electrons. The maximum absolute atomic E-state index is 10.5. The molecule has 0 aliphatic heterocycles. The minimum Gasteiger partial charge on any atom is -0.481 e. The van der Waals surface area contributed by atoms with E-state index >= 15 is 0 Å². The van der Waals surface area contributed by atoms with Crippen LogP contribution in [-0.4, -0.2) is 26.3 Å². The van der Waals surface area contributed by atoms with Crippen LogP contribution in [0.5, 0.6) is 0 Å². The summed E-state index contributed by atoms with van der Waals surface area (Å²) in [6.45, 7) is 0. The van der Waals surface area contributed by atoms with E-state index in [4.69, 9.17) is 16.7 Å². The zero-order valence-corrected chi connectivity index (χ0v) is 8.90. The Labute approximate surface area is 96.1 Å². The molecule has 0 radical (unpaired) electrons. The highest BCUT2D eigenvalue weighted by atomic mass is 35.5. The number of aromatic amines is 1. The first-order chi connectivity index (χ1) is 7.65. The minimum atomic E-state index is -0.950. The fraction of sp³-hybridized carbons (Fsp3) is 0.100. The minimum absolute atomic E-state index is 0.173. The van der Waals surface area contributed by atoms with Crippen LogP contribution >= 0.6 is 11.6 Å². The van der Waals surface area contributed by atoms with E-state index < -0.39 is 5.97 Å². The number of nitrogens with one attached hydrogen (secondary N) is 1. The monoisotopic (exact) mass is 237 g/mol. The van der Waals surface area contributed by atoms with Gasteiger partial charge in [-0.15, -0.1) is 0 Å². The van der Waals surface area contributed by atoms with E-state index in [0.717, 1.165) is 5.56 Å². The summed E-state index contributed by atoms with van der Waals surface area (Å²) in [4.78, 5) is 14.5. The summed E-state index contributed by atoms with van der Waals surface area (Å²) in [5, 5.41) is 15.7. The Morgan fingerprint density at radius 3 is 3.00 bits per heavy atom. The molecule has 0 atom stereocenters. The molecule has 0 aliphatic rings. The van der Waals surface area contributed by atoms with Crippen molar-refractivity contribution in [1.29, 1.82) is 0 Å². The maximum atomic E-state index is 10.5. The molecule has 2 aromatic rings. The van der Waals surface area contributed by atoms with Crippen LogP contribution in [0.15, 0.2) is 24.3 Å². The zero-order valence-electron chi connectivity index (χ0n) is 8.14. The lowest BCUT2D eigenvalue weighted by molar-refractivity contribution is -0.136. The van der Waals surface area contributed by atoms with Crippen LogP contribution in [0.25, 0.3) is 11.4 Å². The van der Waals surface area contributed by atoms with Crippen molar-refractivity contribution in [2.75, 3.05) is 0 Å². The van der Waals surface area contributed by atoms with Crippen molar-refractivity contribution in [1.82, 2.24) is 15.2 Å². The van der Waals surface area contributed by atoms with Crippen LogP contribution in [0.2, 0.25) is 5.02 Å². The van der Waals surface area contributed by atoms with Gasteiger partial charge in [0.2, 0.25) is 0 Å². The highest BCUT2D eigenvalue weighted by Gasteiger charge is 2.08. The molecular formula is C10H8ClN3O2. The molecule has 2 N–H and O–H groups in total. The molecule has 0 spiro atoms. The van der Waals surface area contributed by atoms with Gasteiger partial charge in [0.15, 0.2) is 5.82 Å². The van der Waals surface area contributed by atoms with Crippen LogP contribution in [0, 0.1) is 0 Å². The molecule has 2 rings (SSSR count). The number of carboxylic acid groups (broad SMARTS) is 1. The molecular weight excluding hydrogens is 230 g/mol. The van der Waals surface area contributed by atoms with E-state index in [1.165, 1.54) is 0 Å². The van der Waals surface area contributed by atoms with Gasteiger partial charge in [0.05, 0.1) is 0 Å². The van der Waals surface area contributed by atoms with Crippen molar-refractivity contribution in [3.8, 4) is 11.4 Å². The topological polar surface area (TPSA) is 78.9 Å². The van der Waals surface area contributed by atoms with E-state index in [1.807, 2.05) is 0 Å². The molecule has 0 saturated carbocycles. The van der Waals surface area contributed by atoms with Gasteiger partial charge in [-0.1, -0.05) is 23.7 Å². The smallest absolute Gasteiger partial charge is 0.311 e. The quantitative estimate of drug-likeness (QED) is 0.853. The Bertz CT molecular complexity index is 524. The molecule has 1 aromatic carbocycles. The van der Waals surface area contributed by atoms with E-state index in [2.05, 4.69) is 15.2 Å². The largest absolute Gasteiger partial charge is 0.481 e. The second kappa shape index (κ2) is 4.32. The van der Waals surface area contributed by atoms with Crippen molar-refractivity contribution in [2.45, 2.75) is 6.42 Å². The number of aromatic nitrogens is 3. The molecule has 6 heteroatoms. The van der Waals surface area contributed by atoms with Gasteiger partial charge in [-0.2, -0.15) is 5.10 Å². The Morgan fingerprint density at radius 2 is 2.31 bits per heavy atom. The Morgan fingerprint density at radius 1 is 1.50 bits per heavy atom. The predicted molar refractivity (Wildman–Crippen MR) is 58.2 cm³/mol. The standard InChI is InChI=1S/C10H8ClN3O2/c11-7-3-1-2-6(4-7)10-12-8(13-14-10)5-9(15)16/h1-4H,5H2,(H,15,16)(H,12,13,14). The summed E-state index contributed by atoms with van der Waals surface area (Å²) in [5.41, 5.74) is 0.750. The Kier molecular flexibility index (Phi) is 2.87. The van der Waals surface area contributed by atoms with Crippen LogP contribution in [0.1, 0.15) is 5.82 Å². The summed E-state index contributed by atoms with van der Waals surface area (Å²) in [6, 6.07) is 7.05. The summed E-state index contributed by atoms with van der Waals surface area (Å²) in [5.74, 6) is -0.185. The van der Waals surface area contributed by atoms with Crippen molar-refractivity contribution in [2.24, 2.45) is 0 Å². The van der Waals surface area contributed by atoms with E-state index in [9.17, 15) is 4.79 Å². The molecule has 1 heterocycles. The number of hydrogen-bond donors (Lipinski definition) is 2. The molecule has 1 aromatic heterocycles. The number of hydrogen-bond acceptors (Lipinski definition) is 3. The fourth-order valence-electron chi connectivity index (χ4n) is 1.27. The summed E-state index contributed by atoms with van der Waals surface area (Å²) in [7, 11) is 0. The number of benzene rings is 1. The summed E-state index contributed by atoms with van der Waals surface area (Å²) in [6.07, 6.45) is -0.173. The first kappa shape index (κ1) is 10.6. The van der Waals surface area contributed by atoms with Gasteiger partial charge < -0.3 is 5.11 Å². The SMILES string of the molecule is O=C(O)Cc1nc(-c2cccc(Cl)c2)n[nH]1. The molecule has 0 bridgehead atoms. The number of carbonyl (C=O) groups is 1. The predicted octanol–water partition coefficient (Wildman–Crippen LogP) is 1.75. The van der Waals surface area contributed by atoms with Crippen molar-refractivity contribution in [3.63, 3.8) is 0 Å². The van der Waals surface area contributed by atoms with Crippen molar-refractivity contribution >= 4 is 17.6 Å². The number of nitrogens with zero attached hydrogens (tertiary/aromatic N) is 2. The molecule has 0 fully saturated rings. The average Bonchev–Trinajstić information content (AvgIpc) is 2.65. The maximum Gasteiger partial charge on any atom is 0.311 e. The van der Waals surface area contributed by atoms with E-state index in [0.29, 0.717) is 16.7 Å². The second-order valence-electron chi connectivity index (χ2n) is 3.19. The molecule has 5 nitrogen and oxygen atoms in total. The van der Waals surface area contributed by atoms with Crippen LogP contribution in [-0.2, 0) is 11.2 Å². The summed E-state index contributed by atoms with van der Waals surface area (Å²) >= 11 is 5.83. The van der Waals surface area contributed by atoms with Crippen molar-refractivity contribution in [3.05, 3.63) is 35.1 Å². The van der Waals surface area contributed by atoms with Gasteiger partial charge in [-0.3, -0.25) is 9.89 Å². The molecule has 0 aliphatic carbocycles. The van der Waals surface area contributed by atoms with Gasteiger partial charge >= 0.3 is 5.97 Å². The van der Waals surface area contributed by atoms with E-state index in [1.54, 1.807) is 24.3 Å². The van der Waals surface area contributed by atoms with Crippen molar-refractivity contribution < 1.29 is 9.90 Å². The number of rotatable bonds is 3. The highest BCUT2D eigenvalue weighted by molar-refractivity contribution is 6.30. The number of aliphatic carboxylic acids is 1. The van der Waals surface area contributed by atoms with Gasteiger partial charge in [0.25, 0.3) is 0 Å². The second-order valence-corrected chi connectivity index (χ2v) is 3.62. The number of carboxylic acids is 1. The number of halogens is 1.